The third kappa shape index (κ3) is 4.28. The Labute approximate surface area is 145 Å². The minimum absolute atomic E-state index is 0.234. The summed E-state index contributed by atoms with van der Waals surface area (Å²) in [5.74, 6) is -0.737. The Morgan fingerprint density at radius 2 is 2.08 bits per heavy atom. The monoisotopic (exact) mass is 367 g/mol. The highest BCUT2D eigenvalue weighted by atomic mass is 32.2. The summed E-state index contributed by atoms with van der Waals surface area (Å²) in [7, 11) is 0. The normalized spacial score (nSPS) is 15.3. The summed E-state index contributed by atoms with van der Waals surface area (Å²) in [4.78, 5) is 15.7. The van der Waals surface area contributed by atoms with Crippen molar-refractivity contribution in [3.8, 4) is 11.8 Å². The fourth-order valence-corrected chi connectivity index (χ4v) is 3.01. The molecule has 9 heteroatoms. The summed E-state index contributed by atoms with van der Waals surface area (Å²) >= 11 is 1.03. The van der Waals surface area contributed by atoms with Crippen LogP contribution in [-0.2, 0) is 0 Å². The maximum atomic E-state index is 12.5. The lowest BCUT2D eigenvalue weighted by atomic mass is 10.3. The quantitative estimate of drug-likeness (QED) is 0.841. The Kier molecular flexibility index (Phi) is 4.39. The number of carbonyl (C=O) groups is 1. The van der Waals surface area contributed by atoms with Gasteiger partial charge in [-0.15, -0.1) is 13.2 Å². The standard InChI is InChI=1S/C16H12F3N3O2S/c17-16(18,19)24-12-3-1-2-4-13(12)25-10-7-11(21-8-10)14(23)22-15(9-20)5-6-15/h1-4,7-8,21H,5-6H2,(H,22,23). The highest BCUT2D eigenvalue weighted by molar-refractivity contribution is 7.99. The zero-order valence-corrected chi connectivity index (χ0v) is 13.5. The Balaban J connectivity index is 1.72. The number of amides is 1. The molecular formula is C16H12F3N3O2S. The SMILES string of the molecule is N#CC1(NC(=O)c2cc(Sc3ccccc3OC(F)(F)F)c[nH]2)CC1. The molecule has 2 aromatic rings. The predicted molar refractivity (Wildman–Crippen MR) is 83.1 cm³/mol. The summed E-state index contributed by atoms with van der Waals surface area (Å²) < 4.78 is 41.4. The Morgan fingerprint density at radius 3 is 2.72 bits per heavy atom. The number of aromatic nitrogens is 1. The number of hydrogen-bond acceptors (Lipinski definition) is 4. The number of nitriles is 1. The first-order valence-corrected chi connectivity index (χ1v) is 8.07. The third-order valence-electron chi connectivity index (χ3n) is 3.52. The molecule has 0 radical (unpaired) electrons. The number of carbonyl (C=O) groups excluding carboxylic acids is 1. The van der Waals surface area contributed by atoms with Crippen molar-refractivity contribution in [3.05, 3.63) is 42.2 Å². The van der Waals surface area contributed by atoms with Crippen molar-refractivity contribution < 1.29 is 22.7 Å². The molecule has 0 spiro atoms. The fourth-order valence-electron chi connectivity index (χ4n) is 2.11. The van der Waals surface area contributed by atoms with Gasteiger partial charge in [0.15, 0.2) is 0 Å². The van der Waals surface area contributed by atoms with Gasteiger partial charge in [0.1, 0.15) is 17.0 Å². The molecule has 25 heavy (non-hydrogen) atoms. The van der Waals surface area contributed by atoms with Crippen molar-refractivity contribution in [1.82, 2.24) is 10.3 Å². The predicted octanol–water partition coefficient (Wildman–Crippen LogP) is 3.85. The second kappa shape index (κ2) is 6.37. The molecule has 1 aliphatic carbocycles. The zero-order chi connectivity index (χ0) is 18.1. The number of alkyl halides is 3. The molecule has 1 aromatic heterocycles. The van der Waals surface area contributed by atoms with Crippen molar-refractivity contribution in [2.45, 2.75) is 34.5 Å². The number of ether oxygens (including phenoxy) is 1. The van der Waals surface area contributed by atoms with Crippen LogP contribution in [0.25, 0.3) is 0 Å². The molecule has 0 aliphatic heterocycles. The lowest BCUT2D eigenvalue weighted by Crippen LogP contribution is -2.35. The Bertz CT molecular complexity index is 838. The second-order valence-corrected chi connectivity index (χ2v) is 6.61. The minimum Gasteiger partial charge on any atom is -0.405 e. The smallest absolute Gasteiger partial charge is 0.405 e. The van der Waals surface area contributed by atoms with Crippen LogP contribution in [0.1, 0.15) is 23.3 Å². The first-order valence-electron chi connectivity index (χ1n) is 7.25. The van der Waals surface area contributed by atoms with Gasteiger partial charge in [0, 0.05) is 11.1 Å². The van der Waals surface area contributed by atoms with Crippen molar-refractivity contribution in [3.63, 3.8) is 0 Å². The number of nitrogens with one attached hydrogen (secondary N) is 2. The number of rotatable bonds is 5. The maximum Gasteiger partial charge on any atom is 0.573 e. The van der Waals surface area contributed by atoms with Crippen LogP contribution in [0, 0.1) is 11.3 Å². The molecule has 1 fully saturated rings. The van der Waals surface area contributed by atoms with E-state index in [2.05, 4.69) is 21.1 Å². The van der Waals surface area contributed by atoms with E-state index in [4.69, 9.17) is 5.26 Å². The summed E-state index contributed by atoms with van der Waals surface area (Å²) in [6.45, 7) is 0. The average molecular weight is 367 g/mol. The number of para-hydroxylation sites is 1. The van der Waals surface area contributed by atoms with E-state index in [1.165, 1.54) is 30.5 Å². The fraction of sp³-hybridized carbons (Fsp3) is 0.250. The van der Waals surface area contributed by atoms with Crippen molar-refractivity contribution in [1.29, 1.82) is 5.26 Å². The molecule has 1 heterocycles. The highest BCUT2D eigenvalue weighted by Crippen LogP contribution is 2.38. The van der Waals surface area contributed by atoms with E-state index >= 15 is 0 Å². The Hall–Kier alpha value is -2.60. The van der Waals surface area contributed by atoms with Crippen LogP contribution < -0.4 is 10.1 Å². The van der Waals surface area contributed by atoms with Gasteiger partial charge >= 0.3 is 6.36 Å². The Morgan fingerprint density at radius 1 is 1.36 bits per heavy atom. The van der Waals surface area contributed by atoms with Crippen LogP contribution in [-0.4, -0.2) is 22.8 Å². The van der Waals surface area contributed by atoms with Gasteiger partial charge in [0.25, 0.3) is 5.91 Å². The van der Waals surface area contributed by atoms with E-state index in [0.29, 0.717) is 17.7 Å². The summed E-state index contributed by atoms with van der Waals surface area (Å²) in [5, 5.41) is 11.6. The van der Waals surface area contributed by atoms with Gasteiger partial charge < -0.3 is 15.0 Å². The van der Waals surface area contributed by atoms with E-state index in [9.17, 15) is 18.0 Å². The van der Waals surface area contributed by atoms with Gasteiger partial charge in [-0.05, 0) is 31.0 Å². The zero-order valence-electron chi connectivity index (χ0n) is 12.7. The van der Waals surface area contributed by atoms with Crippen LogP contribution >= 0.6 is 11.8 Å². The average Bonchev–Trinajstić information content (AvgIpc) is 3.15. The summed E-state index contributed by atoms with van der Waals surface area (Å²) in [5.41, 5.74) is -0.555. The van der Waals surface area contributed by atoms with Crippen molar-refractivity contribution in [2.75, 3.05) is 0 Å². The summed E-state index contributed by atoms with van der Waals surface area (Å²) in [6.07, 6.45) is -2.05. The van der Waals surface area contributed by atoms with Gasteiger partial charge in [0.2, 0.25) is 0 Å². The van der Waals surface area contributed by atoms with Gasteiger partial charge in [-0.25, -0.2) is 0 Å². The second-order valence-electron chi connectivity index (χ2n) is 5.49. The van der Waals surface area contributed by atoms with Crippen LogP contribution in [0.3, 0.4) is 0 Å². The molecule has 0 bridgehead atoms. The molecule has 0 unspecified atom stereocenters. The third-order valence-corrected chi connectivity index (χ3v) is 4.55. The molecule has 1 aliphatic rings. The lowest BCUT2D eigenvalue weighted by Gasteiger charge is -2.12. The first-order chi connectivity index (χ1) is 11.8. The van der Waals surface area contributed by atoms with Crippen LogP contribution in [0.4, 0.5) is 13.2 Å². The number of H-pyrrole nitrogens is 1. The number of halogens is 3. The van der Waals surface area contributed by atoms with Gasteiger partial charge in [-0.2, -0.15) is 5.26 Å². The molecule has 3 rings (SSSR count). The molecule has 2 N–H and O–H groups in total. The van der Waals surface area contributed by atoms with Gasteiger partial charge in [-0.3, -0.25) is 4.79 Å². The van der Waals surface area contributed by atoms with E-state index in [0.717, 1.165) is 11.8 Å². The molecule has 130 valence electrons. The topological polar surface area (TPSA) is 77.9 Å². The molecule has 5 nitrogen and oxygen atoms in total. The molecule has 0 saturated heterocycles. The number of aromatic amines is 1. The van der Waals surface area contributed by atoms with E-state index in [1.807, 2.05) is 0 Å². The number of hydrogen-bond donors (Lipinski definition) is 2. The van der Waals surface area contributed by atoms with Gasteiger partial charge in [0.05, 0.1) is 11.0 Å². The molecule has 0 atom stereocenters. The van der Waals surface area contributed by atoms with Crippen LogP contribution in [0.5, 0.6) is 5.75 Å². The van der Waals surface area contributed by atoms with Gasteiger partial charge in [-0.1, -0.05) is 23.9 Å². The van der Waals surface area contributed by atoms with Crippen molar-refractivity contribution >= 4 is 17.7 Å². The van der Waals surface area contributed by atoms with E-state index in [-0.39, 0.29) is 16.3 Å². The minimum atomic E-state index is -4.78. The largest absolute Gasteiger partial charge is 0.573 e. The van der Waals surface area contributed by atoms with E-state index < -0.39 is 17.8 Å². The number of benzene rings is 1. The first kappa shape index (κ1) is 17.2. The maximum absolute atomic E-state index is 12.5. The summed E-state index contributed by atoms with van der Waals surface area (Å²) in [6, 6.07) is 9.32. The van der Waals surface area contributed by atoms with Crippen molar-refractivity contribution in [2.24, 2.45) is 0 Å². The molecule has 1 saturated carbocycles. The molecule has 1 amide bonds. The number of nitrogens with zero attached hydrogens (tertiary/aromatic N) is 1. The highest BCUT2D eigenvalue weighted by Gasteiger charge is 2.44. The van der Waals surface area contributed by atoms with Crippen LogP contribution in [0.2, 0.25) is 0 Å². The van der Waals surface area contributed by atoms with E-state index in [1.54, 1.807) is 6.07 Å². The lowest BCUT2D eigenvalue weighted by molar-refractivity contribution is -0.275. The molecular weight excluding hydrogens is 355 g/mol. The molecule has 1 aromatic carbocycles. The van der Waals surface area contributed by atoms with Crippen LogP contribution in [0.15, 0.2) is 46.3 Å².